The topological polar surface area (TPSA) is 60.7 Å². The molecule has 3 heteroatoms. The largest absolute Gasteiger partial charge is 0.508 e. The number of aromatic hydroxyl groups is 3. The lowest BCUT2D eigenvalue weighted by molar-refractivity contribution is 0.323. The Bertz CT molecular complexity index is 1100. The van der Waals surface area contributed by atoms with Gasteiger partial charge in [0.05, 0.1) is 0 Å². The van der Waals surface area contributed by atoms with Gasteiger partial charge in [0.1, 0.15) is 17.2 Å². The molecule has 0 saturated carbocycles. The molecular weight excluding hydrogens is 420 g/mol. The standard InChI is InChI=1S/C31H40O3/c1-18-10-12-25(32)21(14-18)27(30(4,5)6)23-16-20(3)17-24(29(23)34)28(31(7,8)9)22-15-19(2)11-13-26(22)33/h10-17,27-28,32-34H,1-9H3. The van der Waals surface area contributed by atoms with Crippen LogP contribution in [0.2, 0.25) is 0 Å². The van der Waals surface area contributed by atoms with Crippen LogP contribution < -0.4 is 0 Å². The Balaban J connectivity index is 2.36. The molecule has 3 aromatic rings. The number of hydrogen-bond donors (Lipinski definition) is 3. The molecule has 34 heavy (non-hydrogen) atoms. The summed E-state index contributed by atoms with van der Waals surface area (Å²) in [6.45, 7) is 18.9. The van der Waals surface area contributed by atoms with E-state index in [1.807, 2.05) is 57.2 Å². The number of benzene rings is 3. The van der Waals surface area contributed by atoms with Crippen molar-refractivity contribution in [1.82, 2.24) is 0 Å². The molecule has 3 N–H and O–H groups in total. The molecule has 0 aliphatic carbocycles. The molecule has 2 atom stereocenters. The fourth-order valence-corrected chi connectivity index (χ4v) is 5.29. The minimum Gasteiger partial charge on any atom is -0.508 e. The van der Waals surface area contributed by atoms with Gasteiger partial charge < -0.3 is 15.3 Å². The highest BCUT2D eigenvalue weighted by Crippen LogP contribution is 2.52. The Morgan fingerprint density at radius 1 is 0.500 bits per heavy atom. The van der Waals surface area contributed by atoms with Gasteiger partial charge in [0.25, 0.3) is 0 Å². The van der Waals surface area contributed by atoms with Gasteiger partial charge in [-0.1, -0.05) is 94.6 Å². The van der Waals surface area contributed by atoms with Crippen molar-refractivity contribution < 1.29 is 15.3 Å². The molecule has 0 saturated heterocycles. The van der Waals surface area contributed by atoms with Crippen LogP contribution in [0.1, 0.15) is 92.3 Å². The monoisotopic (exact) mass is 460 g/mol. The molecule has 0 bridgehead atoms. The second-order valence-corrected chi connectivity index (χ2v) is 12.0. The first kappa shape index (κ1) is 25.7. The van der Waals surface area contributed by atoms with E-state index in [1.54, 1.807) is 12.1 Å². The lowest BCUT2D eigenvalue weighted by atomic mass is 9.68. The van der Waals surface area contributed by atoms with Crippen molar-refractivity contribution in [2.45, 2.75) is 74.1 Å². The second-order valence-electron chi connectivity index (χ2n) is 12.0. The van der Waals surface area contributed by atoms with Crippen LogP contribution in [0.5, 0.6) is 17.2 Å². The molecule has 0 radical (unpaired) electrons. The van der Waals surface area contributed by atoms with E-state index in [4.69, 9.17) is 0 Å². The molecule has 3 aromatic carbocycles. The SMILES string of the molecule is Cc1ccc(O)c(C(c2cc(C)cc(C(c3cc(C)ccc3O)C(C)(C)C)c2O)C(C)(C)C)c1. The van der Waals surface area contributed by atoms with Crippen molar-refractivity contribution in [1.29, 1.82) is 0 Å². The van der Waals surface area contributed by atoms with Gasteiger partial charge in [-0.2, -0.15) is 0 Å². The fraction of sp³-hybridized carbons (Fsp3) is 0.419. The average molecular weight is 461 g/mol. The predicted octanol–water partition coefficient (Wildman–Crippen LogP) is 8.08. The highest BCUT2D eigenvalue weighted by Gasteiger charge is 2.37. The Hall–Kier alpha value is -2.94. The van der Waals surface area contributed by atoms with Crippen LogP contribution in [0, 0.1) is 31.6 Å². The van der Waals surface area contributed by atoms with Gasteiger partial charge in [-0.3, -0.25) is 0 Å². The number of phenols is 3. The summed E-state index contributed by atoms with van der Waals surface area (Å²) in [5, 5.41) is 33.5. The summed E-state index contributed by atoms with van der Waals surface area (Å²) in [4.78, 5) is 0. The summed E-state index contributed by atoms with van der Waals surface area (Å²) in [5.74, 6) is 0.246. The third-order valence-electron chi connectivity index (χ3n) is 6.66. The summed E-state index contributed by atoms with van der Waals surface area (Å²) in [7, 11) is 0. The highest BCUT2D eigenvalue weighted by atomic mass is 16.3. The molecule has 0 spiro atoms. The number of rotatable bonds is 4. The van der Waals surface area contributed by atoms with Crippen LogP contribution in [0.3, 0.4) is 0 Å². The van der Waals surface area contributed by atoms with Gasteiger partial charge in [-0.05, 0) is 43.7 Å². The van der Waals surface area contributed by atoms with Gasteiger partial charge >= 0.3 is 0 Å². The van der Waals surface area contributed by atoms with Crippen molar-refractivity contribution in [2.75, 3.05) is 0 Å². The first-order valence-electron chi connectivity index (χ1n) is 12.0. The number of phenolic OH excluding ortho intramolecular Hbond substituents is 3. The van der Waals surface area contributed by atoms with Gasteiger partial charge in [-0.25, -0.2) is 0 Å². The molecule has 0 aliphatic heterocycles. The van der Waals surface area contributed by atoms with Crippen molar-refractivity contribution in [3.63, 3.8) is 0 Å². The van der Waals surface area contributed by atoms with Crippen molar-refractivity contribution >= 4 is 0 Å². The zero-order valence-corrected chi connectivity index (χ0v) is 22.1. The minimum atomic E-state index is -0.267. The van der Waals surface area contributed by atoms with Crippen LogP contribution >= 0.6 is 0 Å². The molecule has 0 aromatic heterocycles. The summed E-state index contributed by atoms with van der Waals surface area (Å²) in [5.41, 5.74) is 5.83. The lowest BCUT2D eigenvalue weighted by Crippen LogP contribution is -2.23. The summed E-state index contributed by atoms with van der Waals surface area (Å²) >= 11 is 0. The van der Waals surface area contributed by atoms with Crippen LogP contribution in [-0.2, 0) is 0 Å². The third kappa shape index (κ3) is 5.09. The predicted molar refractivity (Wildman–Crippen MR) is 141 cm³/mol. The Labute approximate surface area is 205 Å². The van der Waals surface area contributed by atoms with E-state index >= 15 is 0 Å². The van der Waals surface area contributed by atoms with E-state index in [-0.39, 0.29) is 39.9 Å². The third-order valence-corrected chi connectivity index (χ3v) is 6.66. The maximum absolute atomic E-state index is 11.9. The van der Waals surface area contributed by atoms with Crippen molar-refractivity contribution in [2.24, 2.45) is 10.8 Å². The molecule has 182 valence electrons. The Morgan fingerprint density at radius 2 is 0.824 bits per heavy atom. The van der Waals surface area contributed by atoms with E-state index in [9.17, 15) is 15.3 Å². The molecule has 0 fully saturated rings. The highest BCUT2D eigenvalue weighted by molar-refractivity contribution is 5.57. The van der Waals surface area contributed by atoms with Crippen LogP contribution in [0.4, 0.5) is 0 Å². The fourth-order valence-electron chi connectivity index (χ4n) is 5.29. The minimum absolute atomic E-state index is 0.224. The maximum atomic E-state index is 11.9. The van der Waals surface area contributed by atoms with Crippen LogP contribution in [0.15, 0.2) is 48.5 Å². The van der Waals surface area contributed by atoms with E-state index < -0.39 is 0 Å². The average Bonchev–Trinajstić information content (AvgIpc) is 2.69. The normalized spacial score (nSPS) is 14.1. The molecule has 0 heterocycles. The smallest absolute Gasteiger partial charge is 0.123 e. The number of hydrogen-bond acceptors (Lipinski definition) is 3. The first-order valence-corrected chi connectivity index (χ1v) is 12.0. The van der Waals surface area contributed by atoms with Gasteiger partial charge in [0.2, 0.25) is 0 Å². The second kappa shape index (κ2) is 9.02. The molecule has 2 unspecified atom stereocenters. The molecule has 3 rings (SSSR count). The van der Waals surface area contributed by atoms with Crippen LogP contribution in [-0.4, -0.2) is 15.3 Å². The van der Waals surface area contributed by atoms with E-state index in [0.29, 0.717) is 0 Å². The van der Waals surface area contributed by atoms with Crippen molar-refractivity contribution in [3.05, 3.63) is 87.5 Å². The van der Waals surface area contributed by atoms with Gasteiger partial charge in [0, 0.05) is 34.1 Å². The Kier molecular flexibility index (Phi) is 6.81. The summed E-state index contributed by atoms with van der Waals surface area (Å²) in [6.07, 6.45) is 0. The van der Waals surface area contributed by atoms with E-state index in [0.717, 1.165) is 38.9 Å². The molecule has 3 nitrogen and oxygen atoms in total. The van der Waals surface area contributed by atoms with Crippen LogP contribution in [0.25, 0.3) is 0 Å². The molecular formula is C31H40O3. The molecule has 0 aliphatic rings. The van der Waals surface area contributed by atoms with Gasteiger partial charge in [-0.15, -0.1) is 0 Å². The molecule has 0 amide bonds. The maximum Gasteiger partial charge on any atom is 0.123 e. The Morgan fingerprint density at radius 3 is 1.15 bits per heavy atom. The van der Waals surface area contributed by atoms with E-state index in [1.165, 1.54) is 0 Å². The van der Waals surface area contributed by atoms with Gasteiger partial charge in [0.15, 0.2) is 0 Å². The number of aryl methyl sites for hydroxylation is 3. The zero-order chi connectivity index (χ0) is 25.6. The summed E-state index contributed by atoms with van der Waals surface area (Å²) < 4.78 is 0. The quantitative estimate of drug-likeness (QED) is 0.369. The first-order chi connectivity index (χ1) is 15.6. The van der Waals surface area contributed by atoms with Crippen molar-refractivity contribution in [3.8, 4) is 17.2 Å². The van der Waals surface area contributed by atoms with E-state index in [2.05, 4.69) is 41.5 Å². The lowest BCUT2D eigenvalue weighted by Gasteiger charge is -2.36. The zero-order valence-electron chi connectivity index (χ0n) is 22.1. The summed E-state index contributed by atoms with van der Waals surface area (Å²) in [6, 6.07) is 15.4.